The van der Waals surface area contributed by atoms with Gasteiger partial charge in [-0.1, -0.05) is 45.4 Å². The van der Waals surface area contributed by atoms with Crippen molar-refractivity contribution in [3.05, 3.63) is 47.5 Å². The quantitative estimate of drug-likeness (QED) is 0.224. The molecule has 8 nitrogen and oxygen atoms in total. The van der Waals surface area contributed by atoms with Gasteiger partial charge in [-0.05, 0) is 31.9 Å². The Balaban J connectivity index is 0.000000590. The molecule has 0 atom stereocenters. The van der Waals surface area contributed by atoms with Gasteiger partial charge in [-0.15, -0.1) is 0 Å². The molecule has 0 aliphatic carbocycles. The molecular formula is C23H32O8. The van der Waals surface area contributed by atoms with Gasteiger partial charge in [0.1, 0.15) is 0 Å². The summed E-state index contributed by atoms with van der Waals surface area (Å²) in [5.41, 5.74) is 0.204. The highest BCUT2D eigenvalue weighted by molar-refractivity contribution is 6.02. The first-order valence-corrected chi connectivity index (χ1v) is 10.3. The number of esters is 3. The molecule has 0 aromatic heterocycles. The zero-order chi connectivity index (χ0) is 23.6. The van der Waals surface area contributed by atoms with Gasteiger partial charge in [0, 0.05) is 5.57 Å². The predicted molar refractivity (Wildman–Crippen MR) is 115 cm³/mol. The van der Waals surface area contributed by atoms with Crippen LogP contribution in [0.3, 0.4) is 0 Å². The molecule has 0 saturated carbocycles. The van der Waals surface area contributed by atoms with Crippen molar-refractivity contribution in [2.24, 2.45) is 0 Å². The van der Waals surface area contributed by atoms with Crippen LogP contribution >= 0.6 is 0 Å². The fourth-order valence-corrected chi connectivity index (χ4v) is 2.10. The molecule has 31 heavy (non-hydrogen) atoms. The van der Waals surface area contributed by atoms with Crippen LogP contribution in [0.5, 0.6) is 0 Å². The van der Waals surface area contributed by atoms with Crippen LogP contribution < -0.4 is 0 Å². The third kappa shape index (κ3) is 12.2. The molecule has 0 amide bonds. The second-order valence-electron chi connectivity index (χ2n) is 6.42. The molecule has 1 aromatic carbocycles. The molecule has 0 aliphatic heterocycles. The van der Waals surface area contributed by atoms with E-state index in [1.54, 1.807) is 19.1 Å². The van der Waals surface area contributed by atoms with Gasteiger partial charge in [-0.2, -0.15) is 0 Å². The van der Waals surface area contributed by atoms with E-state index in [0.29, 0.717) is 13.2 Å². The molecule has 0 heterocycles. The fourth-order valence-electron chi connectivity index (χ4n) is 2.10. The Hall–Kier alpha value is -3.16. The van der Waals surface area contributed by atoms with Crippen LogP contribution in [0, 0.1) is 0 Å². The minimum absolute atomic E-state index is 0.0362. The SMILES string of the molecule is C=C(CC(=O)OCCCC)C(=O)OCCCC.CCOC(=O)c1ccccc1C(=O)O. The first kappa shape index (κ1) is 27.8. The standard InChI is InChI=1S/C13H22O4.C10H10O4/c1-4-6-8-16-12(14)10-11(3)13(15)17-9-7-5-2;1-2-14-10(13)8-6-4-3-5-7(8)9(11)12/h3-10H2,1-2H3;3-6H,2H2,1H3,(H,11,12). The second-order valence-corrected chi connectivity index (χ2v) is 6.42. The summed E-state index contributed by atoms with van der Waals surface area (Å²) in [6.45, 7) is 10.2. The zero-order valence-electron chi connectivity index (χ0n) is 18.5. The van der Waals surface area contributed by atoms with Gasteiger partial charge in [-0.3, -0.25) is 4.79 Å². The molecular weight excluding hydrogens is 404 g/mol. The molecule has 0 aliphatic rings. The summed E-state index contributed by atoms with van der Waals surface area (Å²) in [6.07, 6.45) is 3.49. The van der Waals surface area contributed by atoms with Crippen LogP contribution in [-0.4, -0.2) is 48.8 Å². The Morgan fingerprint density at radius 1 is 0.871 bits per heavy atom. The number of rotatable bonds is 12. The fraction of sp³-hybridized carbons (Fsp3) is 0.478. The van der Waals surface area contributed by atoms with Gasteiger partial charge < -0.3 is 19.3 Å². The number of carboxylic acid groups (broad SMARTS) is 1. The Labute approximate surface area is 183 Å². The van der Waals surface area contributed by atoms with Gasteiger partial charge >= 0.3 is 23.9 Å². The molecule has 0 saturated heterocycles. The predicted octanol–water partition coefficient (Wildman–Crippen LogP) is 4.18. The average molecular weight is 437 g/mol. The van der Waals surface area contributed by atoms with Crippen molar-refractivity contribution in [1.82, 2.24) is 0 Å². The van der Waals surface area contributed by atoms with Crippen molar-refractivity contribution >= 4 is 23.9 Å². The van der Waals surface area contributed by atoms with Gasteiger partial charge in [0.15, 0.2) is 0 Å². The minimum Gasteiger partial charge on any atom is -0.478 e. The number of hydrogen-bond donors (Lipinski definition) is 1. The van der Waals surface area contributed by atoms with E-state index in [1.807, 2.05) is 13.8 Å². The van der Waals surface area contributed by atoms with Crippen molar-refractivity contribution in [1.29, 1.82) is 0 Å². The summed E-state index contributed by atoms with van der Waals surface area (Å²) in [4.78, 5) is 44.6. The van der Waals surface area contributed by atoms with Gasteiger partial charge in [-0.25, -0.2) is 14.4 Å². The molecule has 8 heteroatoms. The second kappa shape index (κ2) is 16.6. The van der Waals surface area contributed by atoms with Crippen molar-refractivity contribution in [3.63, 3.8) is 0 Å². The van der Waals surface area contributed by atoms with E-state index in [0.717, 1.165) is 25.7 Å². The van der Waals surface area contributed by atoms with Crippen molar-refractivity contribution in [2.75, 3.05) is 19.8 Å². The highest BCUT2D eigenvalue weighted by Gasteiger charge is 2.16. The Bertz CT molecular complexity index is 739. The van der Waals surface area contributed by atoms with Crippen LogP contribution in [0.15, 0.2) is 36.4 Å². The molecule has 0 spiro atoms. The summed E-state index contributed by atoms with van der Waals surface area (Å²) in [5.74, 6) is -2.67. The highest BCUT2D eigenvalue weighted by atomic mass is 16.5. The Morgan fingerprint density at radius 2 is 1.42 bits per heavy atom. The largest absolute Gasteiger partial charge is 0.478 e. The number of benzene rings is 1. The van der Waals surface area contributed by atoms with E-state index < -0.39 is 23.9 Å². The summed E-state index contributed by atoms with van der Waals surface area (Å²) >= 11 is 0. The lowest BCUT2D eigenvalue weighted by molar-refractivity contribution is -0.146. The molecule has 0 fully saturated rings. The minimum atomic E-state index is -1.13. The third-order valence-corrected chi connectivity index (χ3v) is 3.79. The smallest absolute Gasteiger partial charge is 0.338 e. The molecule has 1 N–H and O–H groups in total. The topological polar surface area (TPSA) is 116 Å². The lowest BCUT2D eigenvalue weighted by Crippen LogP contribution is -2.13. The molecule has 1 rings (SSSR count). The van der Waals surface area contributed by atoms with Crippen LogP contribution in [0.1, 0.15) is 73.6 Å². The van der Waals surface area contributed by atoms with Crippen LogP contribution in [0.2, 0.25) is 0 Å². The maximum atomic E-state index is 11.4. The van der Waals surface area contributed by atoms with E-state index in [-0.39, 0.29) is 29.7 Å². The summed E-state index contributed by atoms with van der Waals surface area (Å²) in [5, 5.41) is 8.77. The Morgan fingerprint density at radius 3 is 1.94 bits per heavy atom. The first-order chi connectivity index (χ1) is 14.8. The average Bonchev–Trinajstić information content (AvgIpc) is 2.74. The summed E-state index contributed by atoms with van der Waals surface area (Å²) < 4.78 is 14.6. The Kier molecular flexibility index (Phi) is 14.9. The number of ether oxygens (including phenoxy) is 3. The van der Waals surface area contributed by atoms with Crippen molar-refractivity contribution in [2.45, 2.75) is 52.9 Å². The van der Waals surface area contributed by atoms with Crippen LogP contribution in [0.4, 0.5) is 0 Å². The molecule has 0 radical (unpaired) electrons. The number of carboxylic acids is 1. The van der Waals surface area contributed by atoms with Gasteiger partial charge in [0.2, 0.25) is 0 Å². The first-order valence-electron chi connectivity index (χ1n) is 10.3. The maximum absolute atomic E-state index is 11.4. The number of carbonyl (C=O) groups is 4. The van der Waals surface area contributed by atoms with E-state index in [1.165, 1.54) is 12.1 Å². The van der Waals surface area contributed by atoms with Crippen LogP contribution in [0.25, 0.3) is 0 Å². The number of unbranched alkanes of at least 4 members (excludes halogenated alkanes) is 2. The normalized spacial score (nSPS) is 9.65. The van der Waals surface area contributed by atoms with E-state index in [4.69, 9.17) is 19.3 Å². The molecule has 1 aromatic rings. The van der Waals surface area contributed by atoms with Gasteiger partial charge in [0.05, 0.1) is 37.4 Å². The number of hydrogen-bond acceptors (Lipinski definition) is 7. The van der Waals surface area contributed by atoms with E-state index in [2.05, 4.69) is 6.58 Å². The zero-order valence-corrected chi connectivity index (χ0v) is 18.5. The van der Waals surface area contributed by atoms with Crippen molar-refractivity contribution < 1.29 is 38.5 Å². The molecule has 172 valence electrons. The van der Waals surface area contributed by atoms with Crippen LogP contribution in [-0.2, 0) is 23.8 Å². The molecule has 0 bridgehead atoms. The lowest BCUT2D eigenvalue weighted by atomic mass is 10.1. The third-order valence-electron chi connectivity index (χ3n) is 3.79. The molecule has 0 unspecified atom stereocenters. The number of aromatic carboxylic acids is 1. The van der Waals surface area contributed by atoms with Crippen molar-refractivity contribution in [3.8, 4) is 0 Å². The summed E-state index contributed by atoms with van der Waals surface area (Å²) in [6, 6.07) is 5.96. The lowest BCUT2D eigenvalue weighted by Gasteiger charge is -2.07. The summed E-state index contributed by atoms with van der Waals surface area (Å²) in [7, 11) is 0. The monoisotopic (exact) mass is 436 g/mol. The number of carbonyl (C=O) groups excluding carboxylic acids is 3. The van der Waals surface area contributed by atoms with E-state index >= 15 is 0 Å². The van der Waals surface area contributed by atoms with E-state index in [9.17, 15) is 19.2 Å². The highest BCUT2D eigenvalue weighted by Crippen LogP contribution is 2.10. The maximum Gasteiger partial charge on any atom is 0.338 e. The van der Waals surface area contributed by atoms with Gasteiger partial charge in [0.25, 0.3) is 0 Å².